The fraction of sp³-hybridized carbons (Fsp3) is 0.316. The third-order valence-electron chi connectivity index (χ3n) is 3.45. The van der Waals surface area contributed by atoms with Gasteiger partial charge in [0.05, 0.1) is 0 Å². The molecule has 0 amide bonds. The molecule has 1 unspecified atom stereocenters. The Morgan fingerprint density at radius 2 is 1.85 bits per heavy atom. The van der Waals surface area contributed by atoms with E-state index in [4.69, 9.17) is 0 Å². The van der Waals surface area contributed by atoms with Crippen molar-refractivity contribution in [3.63, 3.8) is 0 Å². The Hall–Kier alpha value is -1.98. The topological polar surface area (TPSA) is 12.0 Å². The second-order valence-corrected chi connectivity index (χ2v) is 5.40. The van der Waals surface area contributed by atoms with Crippen molar-refractivity contribution in [2.45, 2.75) is 34.1 Å². The molecule has 1 aromatic carbocycles. The SMILES string of the molecule is C=C=CC(C)Cc1ccc(N/C(C)=C(/C)C(=C)C)cc1. The molecule has 0 saturated carbocycles. The maximum Gasteiger partial charge on any atom is 0.0381 e. The third kappa shape index (κ3) is 4.95. The summed E-state index contributed by atoms with van der Waals surface area (Å²) in [5.41, 5.74) is 8.73. The fourth-order valence-corrected chi connectivity index (χ4v) is 1.99. The first kappa shape index (κ1) is 16.1. The number of benzene rings is 1. The predicted octanol–water partition coefficient (Wildman–Crippen LogP) is 5.49. The molecule has 20 heavy (non-hydrogen) atoms. The zero-order valence-corrected chi connectivity index (χ0v) is 13.1. The van der Waals surface area contributed by atoms with Gasteiger partial charge < -0.3 is 5.32 Å². The minimum Gasteiger partial charge on any atom is -0.359 e. The minimum atomic E-state index is 0.471. The second-order valence-electron chi connectivity index (χ2n) is 5.40. The molecule has 1 rings (SSSR count). The summed E-state index contributed by atoms with van der Waals surface area (Å²) in [7, 11) is 0. The highest BCUT2D eigenvalue weighted by molar-refractivity contribution is 5.51. The second kappa shape index (κ2) is 7.57. The van der Waals surface area contributed by atoms with Gasteiger partial charge in [-0.15, -0.1) is 5.73 Å². The smallest absolute Gasteiger partial charge is 0.0381 e. The molecule has 0 aliphatic rings. The normalized spacial score (nSPS) is 13.0. The Morgan fingerprint density at radius 1 is 1.25 bits per heavy atom. The molecule has 0 aliphatic carbocycles. The molecule has 0 saturated heterocycles. The molecule has 0 heterocycles. The molecular weight excluding hydrogens is 242 g/mol. The van der Waals surface area contributed by atoms with E-state index < -0.39 is 0 Å². The number of allylic oxidation sites excluding steroid dienone is 4. The molecule has 0 radical (unpaired) electrons. The number of anilines is 1. The molecule has 0 aromatic heterocycles. The van der Waals surface area contributed by atoms with Crippen LogP contribution in [0.15, 0.2) is 66.1 Å². The zero-order valence-electron chi connectivity index (χ0n) is 13.1. The Kier molecular flexibility index (Phi) is 6.09. The van der Waals surface area contributed by atoms with Crippen LogP contribution >= 0.6 is 0 Å². The lowest BCUT2D eigenvalue weighted by molar-refractivity contribution is 0.725. The first-order valence-electron chi connectivity index (χ1n) is 6.99. The first-order valence-corrected chi connectivity index (χ1v) is 6.99. The van der Waals surface area contributed by atoms with Crippen molar-refractivity contribution in [1.29, 1.82) is 0 Å². The van der Waals surface area contributed by atoms with Gasteiger partial charge in [-0.05, 0) is 62.5 Å². The van der Waals surface area contributed by atoms with E-state index in [1.807, 2.05) is 13.0 Å². The van der Waals surface area contributed by atoms with Gasteiger partial charge in [-0.3, -0.25) is 0 Å². The highest BCUT2D eigenvalue weighted by atomic mass is 14.9. The maximum atomic E-state index is 3.97. The lowest BCUT2D eigenvalue weighted by atomic mass is 10.0. The van der Waals surface area contributed by atoms with E-state index in [2.05, 4.69) is 69.2 Å². The van der Waals surface area contributed by atoms with Crippen LogP contribution < -0.4 is 5.32 Å². The molecule has 1 aromatic rings. The monoisotopic (exact) mass is 267 g/mol. The van der Waals surface area contributed by atoms with Crippen LogP contribution in [0.5, 0.6) is 0 Å². The molecule has 106 valence electrons. The molecule has 0 spiro atoms. The van der Waals surface area contributed by atoms with Crippen LogP contribution in [-0.2, 0) is 6.42 Å². The van der Waals surface area contributed by atoms with Crippen molar-refractivity contribution in [2.24, 2.45) is 5.92 Å². The molecule has 1 atom stereocenters. The molecular formula is C19H25N. The molecule has 0 aliphatic heterocycles. The van der Waals surface area contributed by atoms with E-state index in [-0.39, 0.29) is 0 Å². The Balaban J connectivity index is 2.75. The summed E-state index contributed by atoms with van der Waals surface area (Å²) >= 11 is 0. The lowest BCUT2D eigenvalue weighted by Crippen LogP contribution is -2.00. The largest absolute Gasteiger partial charge is 0.359 e. The lowest BCUT2D eigenvalue weighted by Gasteiger charge is -2.12. The summed E-state index contributed by atoms with van der Waals surface area (Å²) < 4.78 is 0. The van der Waals surface area contributed by atoms with Crippen molar-refractivity contribution < 1.29 is 0 Å². The van der Waals surface area contributed by atoms with Gasteiger partial charge in [0.15, 0.2) is 0 Å². The molecule has 0 fully saturated rings. The van der Waals surface area contributed by atoms with Gasteiger partial charge >= 0.3 is 0 Å². The van der Waals surface area contributed by atoms with E-state index in [0.29, 0.717) is 5.92 Å². The van der Waals surface area contributed by atoms with Gasteiger partial charge in [-0.1, -0.05) is 37.8 Å². The van der Waals surface area contributed by atoms with Crippen LogP contribution in [0.25, 0.3) is 0 Å². The maximum absolute atomic E-state index is 3.97. The van der Waals surface area contributed by atoms with Gasteiger partial charge in [-0.2, -0.15) is 0 Å². The minimum absolute atomic E-state index is 0.471. The van der Waals surface area contributed by atoms with Gasteiger partial charge in [0.2, 0.25) is 0 Å². The summed E-state index contributed by atoms with van der Waals surface area (Å²) in [4.78, 5) is 0. The quantitative estimate of drug-likeness (QED) is 0.531. The first-order chi connectivity index (χ1) is 9.43. The Morgan fingerprint density at radius 3 is 2.35 bits per heavy atom. The highest BCUT2D eigenvalue weighted by Crippen LogP contribution is 2.18. The van der Waals surface area contributed by atoms with Crippen LogP contribution in [-0.4, -0.2) is 0 Å². The molecule has 1 nitrogen and oxygen atoms in total. The van der Waals surface area contributed by atoms with E-state index in [9.17, 15) is 0 Å². The summed E-state index contributed by atoms with van der Waals surface area (Å²) in [6, 6.07) is 8.57. The number of hydrogen-bond donors (Lipinski definition) is 1. The third-order valence-corrected chi connectivity index (χ3v) is 3.45. The standard InChI is InChI=1S/C19H25N/c1-7-8-15(4)13-18-9-11-19(12-10-18)20-17(6)16(5)14(2)3/h8-12,15,20H,1-2,13H2,3-6H3/b17-16-. The van der Waals surface area contributed by atoms with Gasteiger partial charge in [0, 0.05) is 11.4 Å². The van der Waals surface area contributed by atoms with Crippen molar-refractivity contribution in [2.75, 3.05) is 5.32 Å². The van der Waals surface area contributed by atoms with Crippen LogP contribution in [0.2, 0.25) is 0 Å². The highest BCUT2D eigenvalue weighted by Gasteiger charge is 2.02. The average Bonchev–Trinajstić information content (AvgIpc) is 2.40. The van der Waals surface area contributed by atoms with Gasteiger partial charge in [0.25, 0.3) is 0 Å². The van der Waals surface area contributed by atoms with Crippen LogP contribution in [0, 0.1) is 5.92 Å². The van der Waals surface area contributed by atoms with Crippen molar-refractivity contribution >= 4 is 5.69 Å². The van der Waals surface area contributed by atoms with Crippen LogP contribution in [0.4, 0.5) is 5.69 Å². The fourth-order valence-electron chi connectivity index (χ4n) is 1.99. The summed E-state index contributed by atoms with van der Waals surface area (Å²) in [6.07, 6.45) is 3.03. The van der Waals surface area contributed by atoms with E-state index in [1.165, 1.54) is 11.1 Å². The molecule has 0 bridgehead atoms. The zero-order chi connectivity index (χ0) is 15.1. The summed E-state index contributed by atoms with van der Waals surface area (Å²) in [6.45, 7) is 16.0. The van der Waals surface area contributed by atoms with Gasteiger partial charge in [0.1, 0.15) is 0 Å². The summed E-state index contributed by atoms with van der Waals surface area (Å²) in [5.74, 6) is 0.471. The van der Waals surface area contributed by atoms with Crippen molar-refractivity contribution in [3.8, 4) is 0 Å². The Bertz CT molecular complexity index is 540. The molecule has 1 heteroatoms. The van der Waals surface area contributed by atoms with E-state index >= 15 is 0 Å². The van der Waals surface area contributed by atoms with E-state index in [1.54, 1.807) is 0 Å². The number of rotatable bonds is 6. The van der Waals surface area contributed by atoms with Crippen LogP contribution in [0.1, 0.15) is 33.3 Å². The van der Waals surface area contributed by atoms with Crippen molar-refractivity contribution in [3.05, 3.63) is 71.6 Å². The Labute approximate surface area is 123 Å². The average molecular weight is 267 g/mol. The van der Waals surface area contributed by atoms with E-state index in [0.717, 1.165) is 23.4 Å². The summed E-state index contributed by atoms with van der Waals surface area (Å²) in [5, 5.41) is 3.42. The molecule has 1 N–H and O–H groups in total. The predicted molar refractivity (Wildman–Crippen MR) is 89.8 cm³/mol. The van der Waals surface area contributed by atoms with Crippen LogP contribution in [0.3, 0.4) is 0 Å². The number of nitrogens with one attached hydrogen (secondary N) is 1. The van der Waals surface area contributed by atoms with Gasteiger partial charge in [-0.25, -0.2) is 0 Å². The number of hydrogen-bond acceptors (Lipinski definition) is 1. The van der Waals surface area contributed by atoms with Crippen molar-refractivity contribution in [1.82, 2.24) is 0 Å².